The Balaban J connectivity index is 2.28. The Labute approximate surface area is 105 Å². The number of aryl methyl sites for hydroxylation is 1. The molecule has 1 aliphatic rings. The van der Waals surface area contributed by atoms with Gasteiger partial charge in [-0.1, -0.05) is 49.6 Å². The molecule has 0 radical (unpaired) electrons. The Morgan fingerprint density at radius 1 is 1.24 bits per heavy atom. The van der Waals surface area contributed by atoms with Gasteiger partial charge in [0.2, 0.25) is 0 Å². The molecule has 1 saturated carbocycles. The first-order valence-corrected chi connectivity index (χ1v) is 6.74. The molecule has 0 aliphatic heterocycles. The van der Waals surface area contributed by atoms with E-state index in [9.17, 15) is 0 Å². The minimum atomic E-state index is 0.301. The largest absolute Gasteiger partial charge is 0.271 e. The van der Waals surface area contributed by atoms with Crippen molar-refractivity contribution in [2.45, 2.75) is 52.0 Å². The van der Waals surface area contributed by atoms with Crippen LogP contribution in [0.3, 0.4) is 0 Å². The standard InChI is InChI=1S/C15H24N2/c1-3-15(10-4-5-11-15)14(17-16)13-8-6-12(2)7-9-13/h6-9,14,17H,3-5,10-11,16H2,1-2H3. The molecule has 3 N–H and O–H groups in total. The van der Waals surface area contributed by atoms with Gasteiger partial charge in [-0.05, 0) is 37.2 Å². The summed E-state index contributed by atoms with van der Waals surface area (Å²) >= 11 is 0. The first-order chi connectivity index (χ1) is 8.22. The number of benzene rings is 1. The number of hydrogen-bond acceptors (Lipinski definition) is 2. The molecule has 0 saturated heterocycles. The molecule has 1 atom stereocenters. The van der Waals surface area contributed by atoms with Gasteiger partial charge in [0.1, 0.15) is 0 Å². The normalized spacial score (nSPS) is 20.4. The second-order valence-electron chi connectivity index (χ2n) is 5.43. The topological polar surface area (TPSA) is 38.0 Å². The molecule has 1 unspecified atom stereocenters. The van der Waals surface area contributed by atoms with Gasteiger partial charge in [0.15, 0.2) is 0 Å². The smallest absolute Gasteiger partial charge is 0.0516 e. The zero-order chi connectivity index (χ0) is 12.3. The molecule has 17 heavy (non-hydrogen) atoms. The Morgan fingerprint density at radius 2 is 1.82 bits per heavy atom. The van der Waals surface area contributed by atoms with Crippen LogP contribution in [-0.2, 0) is 0 Å². The average molecular weight is 232 g/mol. The summed E-state index contributed by atoms with van der Waals surface area (Å²) in [6, 6.07) is 9.09. The van der Waals surface area contributed by atoms with Crippen molar-refractivity contribution in [3.63, 3.8) is 0 Å². The maximum atomic E-state index is 5.83. The van der Waals surface area contributed by atoms with Gasteiger partial charge in [-0.3, -0.25) is 11.3 Å². The third kappa shape index (κ3) is 2.38. The first-order valence-electron chi connectivity index (χ1n) is 6.74. The molecule has 2 heteroatoms. The van der Waals surface area contributed by atoms with Gasteiger partial charge < -0.3 is 0 Å². The molecular formula is C15H24N2. The molecule has 1 fully saturated rings. The molecule has 1 aliphatic carbocycles. The van der Waals surface area contributed by atoms with E-state index in [0.717, 1.165) is 0 Å². The lowest BCUT2D eigenvalue weighted by Crippen LogP contribution is -2.40. The highest BCUT2D eigenvalue weighted by Crippen LogP contribution is 2.49. The van der Waals surface area contributed by atoms with Crippen LogP contribution in [0.4, 0.5) is 0 Å². The summed E-state index contributed by atoms with van der Waals surface area (Å²) < 4.78 is 0. The van der Waals surface area contributed by atoms with Crippen LogP contribution in [0.25, 0.3) is 0 Å². The Bertz CT molecular complexity index is 350. The van der Waals surface area contributed by atoms with Gasteiger partial charge in [0.05, 0.1) is 6.04 Å². The van der Waals surface area contributed by atoms with Gasteiger partial charge in [0.25, 0.3) is 0 Å². The van der Waals surface area contributed by atoms with Crippen molar-refractivity contribution < 1.29 is 0 Å². The molecule has 1 aromatic carbocycles. The van der Waals surface area contributed by atoms with Gasteiger partial charge in [-0.15, -0.1) is 0 Å². The van der Waals surface area contributed by atoms with Crippen molar-refractivity contribution in [3.8, 4) is 0 Å². The fourth-order valence-corrected chi connectivity index (χ4v) is 3.31. The van der Waals surface area contributed by atoms with Crippen LogP contribution >= 0.6 is 0 Å². The highest BCUT2D eigenvalue weighted by Gasteiger charge is 2.39. The molecule has 1 aromatic rings. The zero-order valence-electron chi connectivity index (χ0n) is 11.0. The maximum Gasteiger partial charge on any atom is 0.0516 e. The van der Waals surface area contributed by atoms with Crippen LogP contribution in [0, 0.1) is 12.3 Å². The van der Waals surface area contributed by atoms with E-state index in [-0.39, 0.29) is 0 Å². The summed E-state index contributed by atoms with van der Waals surface area (Å²) in [7, 11) is 0. The predicted molar refractivity (Wildman–Crippen MR) is 72.4 cm³/mol. The van der Waals surface area contributed by atoms with Crippen LogP contribution in [0.5, 0.6) is 0 Å². The van der Waals surface area contributed by atoms with Crippen molar-refractivity contribution in [2.75, 3.05) is 0 Å². The lowest BCUT2D eigenvalue weighted by molar-refractivity contribution is 0.188. The molecule has 2 rings (SSSR count). The highest BCUT2D eigenvalue weighted by molar-refractivity contribution is 5.26. The van der Waals surface area contributed by atoms with Gasteiger partial charge >= 0.3 is 0 Å². The summed E-state index contributed by atoms with van der Waals surface area (Å²) in [5, 5.41) is 0. The van der Waals surface area contributed by atoms with Gasteiger partial charge in [-0.25, -0.2) is 0 Å². The van der Waals surface area contributed by atoms with Crippen molar-refractivity contribution in [2.24, 2.45) is 11.3 Å². The third-order valence-corrected chi connectivity index (χ3v) is 4.49. The minimum absolute atomic E-state index is 0.301. The monoisotopic (exact) mass is 232 g/mol. The zero-order valence-corrected chi connectivity index (χ0v) is 11.0. The molecule has 94 valence electrons. The van der Waals surface area contributed by atoms with Crippen LogP contribution in [0.2, 0.25) is 0 Å². The fourth-order valence-electron chi connectivity index (χ4n) is 3.31. The maximum absolute atomic E-state index is 5.83. The number of nitrogens with two attached hydrogens (primary N) is 1. The Hall–Kier alpha value is -0.860. The molecular weight excluding hydrogens is 208 g/mol. The van der Waals surface area contributed by atoms with Crippen molar-refractivity contribution in [1.29, 1.82) is 0 Å². The highest BCUT2D eigenvalue weighted by atomic mass is 15.2. The molecule has 0 amide bonds. The minimum Gasteiger partial charge on any atom is -0.271 e. The summed E-state index contributed by atoms with van der Waals surface area (Å²) in [6.45, 7) is 4.42. The lowest BCUT2D eigenvalue weighted by Gasteiger charge is -2.37. The van der Waals surface area contributed by atoms with Crippen molar-refractivity contribution in [1.82, 2.24) is 5.43 Å². The van der Waals surface area contributed by atoms with Gasteiger partial charge in [0, 0.05) is 0 Å². The van der Waals surface area contributed by atoms with Crippen LogP contribution < -0.4 is 11.3 Å². The summed E-state index contributed by atoms with van der Waals surface area (Å²) in [4.78, 5) is 0. The van der Waals surface area contributed by atoms with E-state index in [0.29, 0.717) is 11.5 Å². The Kier molecular flexibility index (Phi) is 3.85. The summed E-state index contributed by atoms with van der Waals surface area (Å²) in [5.74, 6) is 5.83. The second-order valence-corrected chi connectivity index (χ2v) is 5.43. The van der Waals surface area contributed by atoms with E-state index >= 15 is 0 Å². The number of hydrogen-bond donors (Lipinski definition) is 2. The van der Waals surface area contributed by atoms with Crippen molar-refractivity contribution in [3.05, 3.63) is 35.4 Å². The number of hydrazine groups is 1. The first kappa shape index (κ1) is 12.6. The Morgan fingerprint density at radius 3 is 2.29 bits per heavy atom. The second kappa shape index (κ2) is 5.19. The fraction of sp³-hybridized carbons (Fsp3) is 0.600. The van der Waals surface area contributed by atoms with Crippen LogP contribution in [0.15, 0.2) is 24.3 Å². The van der Waals surface area contributed by atoms with E-state index in [1.54, 1.807) is 0 Å². The molecule has 0 aromatic heterocycles. The number of rotatable bonds is 4. The predicted octanol–water partition coefficient (Wildman–Crippen LogP) is 3.47. The van der Waals surface area contributed by atoms with Crippen LogP contribution in [-0.4, -0.2) is 0 Å². The van der Waals surface area contributed by atoms with Crippen molar-refractivity contribution >= 4 is 0 Å². The number of nitrogens with one attached hydrogen (secondary N) is 1. The van der Waals surface area contributed by atoms with E-state index in [2.05, 4.69) is 43.5 Å². The lowest BCUT2D eigenvalue weighted by atomic mass is 9.73. The van der Waals surface area contributed by atoms with E-state index in [1.807, 2.05) is 0 Å². The molecule has 0 spiro atoms. The quantitative estimate of drug-likeness (QED) is 0.616. The van der Waals surface area contributed by atoms with E-state index in [1.165, 1.54) is 43.2 Å². The van der Waals surface area contributed by atoms with Gasteiger partial charge in [-0.2, -0.15) is 0 Å². The van der Waals surface area contributed by atoms with E-state index < -0.39 is 0 Å². The van der Waals surface area contributed by atoms with E-state index in [4.69, 9.17) is 5.84 Å². The molecule has 2 nitrogen and oxygen atoms in total. The molecule has 0 bridgehead atoms. The third-order valence-electron chi connectivity index (χ3n) is 4.49. The SMILES string of the molecule is CCC1(C(NN)c2ccc(C)cc2)CCCC1. The average Bonchev–Trinajstić information content (AvgIpc) is 2.82. The molecule has 0 heterocycles. The van der Waals surface area contributed by atoms with Crippen LogP contribution in [0.1, 0.15) is 56.2 Å². The summed E-state index contributed by atoms with van der Waals surface area (Å²) in [5.41, 5.74) is 6.08. The summed E-state index contributed by atoms with van der Waals surface area (Å²) in [6.07, 6.45) is 6.49.